The molecule has 1 aromatic heterocycles. The van der Waals surface area contributed by atoms with Crippen LogP contribution in [0.3, 0.4) is 0 Å². The van der Waals surface area contributed by atoms with Crippen molar-refractivity contribution < 1.29 is 9.59 Å². The van der Waals surface area contributed by atoms with Gasteiger partial charge in [-0.3, -0.25) is 14.5 Å². The molecule has 0 N–H and O–H groups in total. The summed E-state index contributed by atoms with van der Waals surface area (Å²) < 4.78 is 1.97. The van der Waals surface area contributed by atoms with E-state index in [1.54, 1.807) is 6.08 Å². The van der Waals surface area contributed by atoms with Gasteiger partial charge in [-0.2, -0.15) is 0 Å². The monoisotopic (exact) mass is 351 g/mol. The molecule has 126 valence electrons. The van der Waals surface area contributed by atoms with Crippen molar-refractivity contribution in [3.8, 4) is 18.0 Å². The molecule has 0 radical (unpaired) electrons. The van der Waals surface area contributed by atoms with Crippen LogP contribution in [0.2, 0.25) is 0 Å². The first-order valence-electron chi connectivity index (χ1n) is 7.65. The van der Waals surface area contributed by atoms with Crippen molar-refractivity contribution in [3.63, 3.8) is 0 Å². The summed E-state index contributed by atoms with van der Waals surface area (Å²) in [5.74, 6) is 1.99. The summed E-state index contributed by atoms with van der Waals surface area (Å²) in [7, 11) is 3.98. The second-order valence-corrected chi connectivity index (χ2v) is 6.68. The van der Waals surface area contributed by atoms with Crippen LogP contribution in [-0.2, 0) is 4.79 Å². The van der Waals surface area contributed by atoms with E-state index >= 15 is 0 Å². The van der Waals surface area contributed by atoms with Crippen molar-refractivity contribution in [2.75, 3.05) is 25.5 Å². The molecule has 6 heteroatoms. The van der Waals surface area contributed by atoms with Crippen molar-refractivity contribution in [1.82, 2.24) is 9.47 Å². The summed E-state index contributed by atoms with van der Waals surface area (Å²) in [6.07, 6.45) is 8.86. The molecule has 1 aliphatic heterocycles. The topological polar surface area (TPSA) is 45.6 Å². The Morgan fingerprint density at radius 3 is 2.56 bits per heavy atom. The molecular formula is C19H17N3O2S. The summed E-state index contributed by atoms with van der Waals surface area (Å²) in [6, 6.07) is 11.9. The Morgan fingerprint density at radius 1 is 1.20 bits per heavy atom. The summed E-state index contributed by atoms with van der Waals surface area (Å²) in [5.41, 5.74) is 2.90. The predicted molar refractivity (Wildman–Crippen MR) is 102 cm³/mol. The molecule has 0 saturated carbocycles. The molecule has 2 amide bonds. The molecule has 5 nitrogen and oxygen atoms in total. The maximum atomic E-state index is 12.3. The van der Waals surface area contributed by atoms with Crippen LogP contribution >= 0.6 is 11.8 Å². The SMILES string of the molecule is C#CCN1C(=O)SC(=Cc2cccn2-c2ccc(N(C)C)cc2)C1=O. The molecule has 25 heavy (non-hydrogen) atoms. The first kappa shape index (κ1) is 16.9. The Hall–Kier alpha value is -2.91. The Bertz CT molecular complexity index is 888. The average Bonchev–Trinajstić information content (AvgIpc) is 3.16. The molecular weight excluding hydrogens is 334 g/mol. The summed E-state index contributed by atoms with van der Waals surface area (Å²) in [4.78, 5) is 27.7. The van der Waals surface area contributed by atoms with Crippen LogP contribution in [0.25, 0.3) is 11.8 Å². The Labute approximate surface area is 150 Å². The third kappa shape index (κ3) is 3.32. The summed E-state index contributed by atoms with van der Waals surface area (Å²) >= 11 is 0.913. The van der Waals surface area contributed by atoms with E-state index in [-0.39, 0.29) is 17.7 Å². The largest absolute Gasteiger partial charge is 0.378 e. The van der Waals surface area contributed by atoms with E-state index in [1.165, 1.54) is 0 Å². The minimum absolute atomic E-state index is 0.00494. The highest BCUT2D eigenvalue weighted by atomic mass is 32.2. The Morgan fingerprint density at radius 2 is 1.92 bits per heavy atom. The average molecular weight is 351 g/mol. The van der Waals surface area contributed by atoms with E-state index in [4.69, 9.17) is 6.42 Å². The van der Waals surface area contributed by atoms with Crippen LogP contribution < -0.4 is 4.90 Å². The summed E-state index contributed by atoms with van der Waals surface area (Å²) in [6.45, 7) is -0.00494. The number of rotatable bonds is 4. The van der Waals surface area contributed by atoms with Gasteiger partial charge in [0, 0.05) is 37.4 Å². The van der Waals surface area contributed by atoms with E-state index < -0.39 is 0 Å². The van der Waals surface area contributed by atoms with Crippen LogP contribution in [0.1, 0.15) is 5.69 Å². The summed E-state index contributed by atoms with van der Waals surface area (Å²) in [5, 5.41) is -0.331. The first-order chi connectivity index (χ1) is 12.0. The van der Waals surface area contributed by atoms with Gasteiger partial charge in [-0.05, 0) is 54.2 Å². The Kier molecular flexibility index (Phi) is 4.68. The first-order valence-corrected chi connectivity index (χ1v) is 8.47. The van der Waals surface area contributed by atoms with Crippen LogP contribution in [-0.4, -0.2) is 41.3 Å². The number of aromatic nitrogens is 1. The van der Waals surface area contributed by atoms with Gasteiger partial charge < -0.3 is 9.47 Å². The van der Waals surface area contributed by atoms with Crippen LogP contribution in [0.4, 0.5) is 10.5 Å². The van der Waals surface area contributed by atoms with Crippen molar-refractivity contribution in [1.29, 1.82) is 0 Å². The number of imide groups is 1. The second kappa shape index (κ2) is 6.91. The minimum Gasteiger partial charge on any atom is -0.378 e. The standard InChI is InChI=1S/C19H17N3O2S/c1-4-11-22-18(23)17(25-19(22)24)13-16-6-5-12-21(16)15-9-7-14(8-10-15)20(2)3/h1,5-10,12-13H,11H2,2-3H3. The highest BCUT2D eigenvalue weighted by Gasteiger charge is 2.34. The van der Waals surface area contributed by atoms with Gasteiger partial charge in [0.1, 0.15) is 0 Å². The number of carbonyl (C=O) groups is 2. The third-order valence-corrected chi connectivity index (χ3v) is 4.73. The number of hydrogen-bond donors (Lipinski definition) is 0. The van der Waals surface area contributed by atoms with E-state index in [9.17, 15) is 9.59 Å². The zero-order valence-corrected chi connectivity index (χ0v) is 14.8. The number of anilines is 1. The maximum Gasteiger partial charge on any atom is 0.294 e. The zero-order valence-electron chi connectivity index (χ0n) is 14.0. The number of terminal acetylenes is 1. The van der Waals surface area contributed by atoms with Gasteiger partial charge in [-0.1, -0.05) is 5.92 Å². The lowest BCUT2D eigenvalue weighted by Crippen LogP contribution is -2.28. The van der Waals surface area contributed by atoms with Gasteiger partial charge in [0.25, 0.3) is 11.1 Å². The van der Waals surface area contributed by atoms with Gasteiger partial charge in [0.05, 0.1) is 11.4 Å². The van der Waals surface area contributed by atoms with E-state index in [0.717, 1.165) is 33.7 Å². The van der Waals surface area contributed by atoms with Crippen molar-refractivity contribution in [2.45, 2.75) is 0 Å². The fourth-order valence-electron chi connectivity index (χ4n) is 2.52. The van der Waals surface area contributed by atoms with Gasteiger partial charge in [0.2, 0.25) is 0 Å². The molecule has 0 atom stereocenters. The fourth-order valence-corrected chi connectivity index (χ4v) is 3.34. The van der Waals surface area contributed by atoms with E-state index in [1.807, 2.05) is 66.2 Å². The minimum atomic E-state index is -0.344. The maximum absolute atomic E-state index is 12.3. The molecule has 1 fully saturated rings. The lowest BCUT2D eigenvalue weighted by Gasteiger charge is -2.13. The number of benzene rings is 1. The van der Waals surface area contributed by atoms with Crippen molar-refractivity contribution >= 4 is 34.7 Å². The molecule has 1 saturated heterocycles. The molecule has 0 bridgehead atoms. The highest BCUT2D eigenvalue weighted by Crippen LogP contribution is 2.32. The van der Waals surface area contributed by atoms with Crippen molar-refractivity contribution in [3.05, 3.63) is 53.2 Å². The van der Waals surface area contributed by atoms with Gasteiger partial charge >= 0.3 is 0 Å². The molecule has 1 aromatic carbocycles. The number of nitrogens with zero attached hydrogens (tertiary/aromatic N) is 3. The smallest absolute Gasteiger partial charge is 0.294 e. The van der Waals surface area contributed by atoms with Gasteiger partial charge in [-0.25, -0.2) is 0 Å². The zero-order chi connectivity index (χ0) is 18.0. The molecule has 2 heterocycles. The highest BCUT2D eigenvalue weighted by molar-refractivity contribution is 8.18. The number of carbonyl (C=O) groups excluding carboxylic acids is 2. The second-order valence-electron chi connectivity index (χ2n) is 5.69. The Balaban J connectivity index is 1.91. The number of amides is 2. The fraction of sp³-hybridized carbons (Fsp3) is 0.158. The van der Waals surface area contributed by atoms with Gasteiger partial charge in [-0.15, -0.1) is 6.42 Å². The molecule has 0 aliphatic carbocycles. The predicted octanol–water partition coefficient (Wildman–Crippen LogP) is 3.21. The van der Waals surface area contributed by atoms with Crippen LogP contribution in [0.5, 0.6) is 0 Å². The molecule has 0 spiro atoms. The number of hydrogen-bond acceptors (Lipinski definition) is 4. The lowest BCUT2D eigenvalue weighted by molar-refractivity contribution is -0.122. The molecule has 1 aliphatic rings. The van der Waals surface area contributed by atoms with Crippen LogP contribution in [0, 0.1) is 12.3 Å². The molecule has 0 unspecified atom stereocenters. The van der Waals surface area contributed by atoms with Crippen molar-refractivity contribution in [2.24, 2.45) is 0 Å². The lowest BCUT2D eigenvalue weighted by atomic mass is 10.2. The molecule has 3 rings (SSSR count). The quantitative estimate of drug-likeness (QED) is 0.627. The number of thioether (sulfide) groups is 1. The normalized spacial score (nSPS) is 15.7. The van der Waals surface area contributed by atoms with E-state index in [0.29, 0.717) is 4.91 Å². The van der Waals surface area contributed by atoms with E-state index in [2.05, 4.69) is 5.92 Å². The van der Waals surface area contributed by atoms with Crippen LogP contribution in [0.15, 0.2) is 47.5 Å². The van der Waals surface area contributed by atoms with Gasteiger partial charge in [0.15, 0.2) is 0 Å². The third-order valence-electron chi connectivity index (χ3n) is 3.83. The molecule has 2 aromatic rings.